The number of aliphatic carboxylic acids is 2. The Morgan fingerprint density at radius 3 is 2.27 bits per heavy atom. The molecule has 0 unspecified atom stereocenters. The van der Waals surface area contributed by atoms with E-state index in [1.54, 1.807) is 26.8 Å². The lowest BCUT2D eigenvalue weighted by Crippen LogP contribution is -2.51. The summed E-state index contributed by atoms with van der Waals surface area (Å²) >= 11 is 0. The van der Waals surface area contributed by atoms with Crippen LogP contribution < -0.4 is 10.2 Å². The Bertz CT molecular complexity index is 327. The van der Waals surface area contributed by atoms with Crippen LogP contribution in [0.15, 0.2) is 11.6 Å². The zero-order valence-electron chi connectivity index (χ0n) is 9.07. The van der Waals surface area contributed by atoms with Gasteiger partial charge in [-0.15, -0.1) is 0 Å². The standard InChI is InChI=1S/C11H16O4/c1-6-4-7(9(12)13)8(10(14)15)11(2,3)5-6/h5,7-8H,4H2,1-3H3,(H,12,13)(H,14,15)/p-2/t7-,8+/m0/s1. The van der Waals surface area contributed by atoms with Gasteiger partial charge < -0.3 is 19.8 Å². The first-order chi connectivity index (χ1) is 6.75. The van der Waals surface area contributed by atoms with E-state index in [1.807, 2.05) is 0 Å². The SMILES string of the molecule is CC1=CC(C)(C)[C@@H](C(=O)[O-])[C@@H](C(=O)[O-])C1. The van der Waals surface area contributed by atoms with Gasteiger partial charge in [-0.25, -0.2) is 0 Å². The number of rotatable bonds is 2. The van der Waals surface area contributed by atoms with Gasteiger partial charge in [0, 0.05) is 23.8 Å². The molecule has 0 bridgehead atoms. The summed E-state index contributed by atoms with van der Waals surface area (Å²) in [5.41, 5.74) is 0.179. The lowest BCUT2D eigenvalue weighted by molar-refractivity contribution is -0.330. The van der Waals surface area contributed by atoms with Crippen molar-refractivity contribution < 1.29 is 19.8 Å². The minimum atomic E-state index is -1.32. The maximum Gasteiger partial charge on any atom is 0.0460 e. The Hall–Kier alpha value is -1.32. The highest BCUT2D eigenvalue weighted by Gasteiger charge is 2.39. The summed E-state index contributed by atoms with van der Waals surface area (Å²) in [6, 6.07) is 0. The fraction of sp³-hybridized carbons (Fsp3) is 0.636. The van der Waals surface area contributed by atoms with Crippen molar-refractivity contribution in [1.82, 2.24) is 0 Å². The largest absolute Gasteiger partial charge is 0.550 e. The Balaban J connectivity index is 3.16. The monoisotopic (exact) mass is 210 g/mol. The molecule has 0 aromatic carbocycles. The summed E-state index contributed by atoms with van der Waals surface area (Å²) in [6.07, 6.45) is 2.03. The average Bonchev–Trinajstić information content (AvgIpc) is 1.98. The summed E-state index contributed by atoms with van der Waals surface area (Å²) < 4.78 is 0. The molecule has 0 aromatic heterocycles. The van der Waals surface area contributed by atoms with E-state index >= 15 is 0 Å². The van der Waals surface area contributed by atoms with Crippen LogP contribution in [0.5, 0.6) is 0 Å². The van der Waals surface area contributed by atoms with E-state index in [4.69, 9.17) is 0 Å². The van der Waals surface area contributed by atoms with Crippen LogP contribution in [0.1, 0.15) is 27.2 Å². The minimum Gasteiger partial charge on any atom is -0.550 e. The molecule has 0 aromatic rings. The second-order valence-corrected chi connectivity index (χ2v) is 4.74. The molecule has 4 heteroatoms. The normalized spacial score (nSPS) is 29.4. The molecular formula is C11H14O4-2. The fourth-order valence-corrected chi connectivity index (χ4v) is 2.45. The summed E-state index contributed by atoms with van der Waals surface area (Å²) in [4.78, 5) is 21.8. The first-order valence-electron chi connectivity index (χ1n) is 4.86. The van der Waals surface area contributed by atoms with Crippen molar-refractivity contribution in [2.45, 2.75) is 27.2 Å². The van der Waals surface area contributed by atoms with Crippen molar-refractivity contribution in [2.24, 2.45) is 17.3 Å². The van der Waals surface area contributed by atoms with Crippen molar-refractivity contribution in [2.75, 3.05) is 0 Å². The average molecular weight is 210 g/mol. The van der Waals surface area contributed by atoms with E-state index in [1.165, 1.54) is 0 Å². The molecule has 0 fully saturated rings. The molecule has 2 atom stereocenters. The van der Waals surface area contributed by atoms with E-state index in [2.05, 4.69) is 0 Å². The van der Waals surface area contributed by atoms with Crippen molar-refractivity contribution in [1.29, 1.82) is 0 Å². The van der Waals surface area contributed by atoms with Crippen LogP contribution in [0.3, 0.4) is 0 Å². The number of allylic oxidation sites excluding steroid dienone is 2. The van der Waals surface area contributed by atoms with Crippen LogP contribution in [-0.2, 0) is 9.59 Å². The van der Waals surface area contributed by atoms with Gasteiger partial charge in [-0.05, 0) is 18.8 Å². The van der Waals surface area contributed by atoms with Crippen LogP contribution >= 0.6 is 0 Å². The quantitative estimate of drug-likeness (QED) is 0.553. The van der Waals surface area contributed by atoms with Crippen molar-refractivity contribution in [3.05, 3.63) is 11.6 Å². The zero-order valence-corrected chi connectivity index (χ0v) is 9.07. The second kappa shape index (κ2) is 3.68. The molecule has 0 saturated carbocycles. The van der Waals surface area contributed by atoms with Gasteiger partial charge in [0.25, 0.3) is 0 Å². The zero-order chi connectivity index (χ0) is 11.8. The Kier molecular flexibility index (Phi) is 2.88. The molecule has 15 heavy (non-hydrogen) atoms. The molecule has 1 rings (SSSR count). The van der Waals surface area contributed by atoms with Crippen molar-refractivity contribution in [3.63, 3.8) is 0 Å². The van der Waals surface area contributed by atoms with Crippen LogP contribution in [0, 0.1) is 17.3 Å². The van der Waals surface area contributed by atoms with Gasteiger partial charge in [-0.2, -0.15) is 0 Å². The van der Waals surface area contributed by atoms with Crippen LogP contribution in [0.4, 0.5) is 0 Å². The molecule has 1 aliphatic rings. The number of carboxylic acid groups (broad SMARTS) is 2. The predicted octanol–water partition coefficient (Wildman–Crippen LogP) is -0.905. The number of carbonyl (C=O) groups is 2. The molecule has 4 nitrogen and oxygen atoms in total. The number of hydrogen-bond donors (Lipinski definition) is 0. The Morgan fingerprint density at radius 1 is 1.33 bits per heavy atom. The lowest BCUT2D eigenvalue weighted by atomic mass is 9.65. The first-order valence-corrected chi connectivity index (χ1v) is 4.86. The van der Waals surface area contributed by atoms with E-state index in [0.29, 0.717) is 0 Å². The Labute approximate surface area is 88.6 Å². The highest BCUT2D eigenvalue weighted by Crippen LogP contribution is 2.41. The van der Waals surface area contributed by atoms with Gasteiger partial charge >= 0.3 is 0 Å². The smallest absolute Gasteiger partial charge is 0.0460 e. The maximum atomic E-state index is 11.0. The van der Waals surface area contributed by atoms with Gasteiger partial charge in [0.15, 0.2) is 0 Å². The van der Waals surface area contributed by atoms with Crippen molar-refractivity contribution in [3.8, 4) is 0 Å². The van der Waals surface area contributed by atoms with E-state index in [9.17, 15) is 19.8 Å². The van der Waals surface area contributed by atoms with Gasteiger partial charge in [0.1, 0.15) is 0 Å². The third kappa shape index (κ3) is 2.19. The van der Waals surface area contributed by atoms with E-state index < -0.39 is 29.2 Å². The molecule has 0 aliphatic heterocycles. The molecule has 0 saturated heterocycles. The molecule has 0 amide bonds. The minimum absolute atomic E-state index is 0.227. The predicted molar refractivity (Wildman–Crippen MR) is 49.1 cm³/mol. The molecule has 1 aliphatic carbocycles. The first kappa shape index (κ1) is 11.8. The topological polar surface area (TPSA) is 80.3 Å². The molecule has 0 N–H and O–H groups in total. The van der Waals surface area contributed by atoms with Gasteiger partial charge in [0.2, 0.25) is 0 Å². The molecule has 0 heterocycles. The third-order valence-corrected chi connectivity index (χ3v) is 2.92. The molecule has 0 spiro atoms. The second-order valence-electron chi connectivity index (χ2n) is 4.74. The van der Waals surface area contributed by atoms with Crippen molar-refractivity contribution >= 4 is 11.9 Å². The molecular weight excluding hydrogens is 196 g/mol. The summed E-state index contributed by atoms with van der Waals surface area (Å²) in [5, 5.41) is 21.8. The molecule has 0 radical (unpaired) electrons. The number of carbonyl (C=O) groups excluding carboxylic acids is 2. The van der Waals surface area contributed by atoms with Gasteiger partial charge in [-0.1, -0.05) is 25.5 Å². The van der Waals surface area contributed by atoms with Gasteiger partial charge in [-0.3, -0.25) is 0 Å². The van der Waals surface area contributed by atoms with Crippen LogP contribution in [-0.4, -0.2) is 11.9 Å². The highest BCUT2D eigenvalue weighted by atomic mass is 16.4. The maximum absolute atomic E-state index is 11.0. The Morgan fingerprint density at radius 2 is 1.87 bits per heavy atom. The van der Waals surface area contributed by atoms with Crippen LogP contribution in [0.2, 0.25) is 0 Å². The fourth-order valence-electron chi connectivity index (χ4n) is 2.45. The number of hydrogen-bond acceptors (Lipinski definition) is 4. The molecule has 84 valence electrons. The van der Waals surface area contributed by atoms with Gasteiger partial charge in [0.05, 0.1) is 0 Å². The number of carboxylic acids is 2. The summed E-state index contributed by atoms with van der Waals surface area (Å²) in [7, 11) is 0. The summed E-state index contributed by atoms with van der Waals surface area (Å²) in [5.74, 6) is -4.65. The highest BCUT2D eigenvalue weighted by molar-refractivity contribution is 5.79. The van der Waals surface area contributed by atoms with Crippen LogP contribution in [0.25, 0.3) is 0 Å². The summed E-state index contributed by atoms with van der Waals surface area (Å²) in [6.45, 7) is 5.20. The third-order valence-electron chi connectivity index (χ3n) is 2.92. The lowest BCUT2D eigenvalue weighted by Gasteiger charge is -2.43. The van der Waals surface area contributed by atoms with E-state index in [0.717, 1.165) is 5.57 Å². The van der Waals surface area contributed by atoms with E-state index in [-0.39, 0.29) is 6.42 Å².